The molecular weight excluding hydrogens is 264 g/mol. The zero-order valence-corrected chi connectivity index (χ0v) is 10.1. The monoisotopic (exact) mass is 274 g/mol. The van der Waals surface area contributed by atoms with Gasteiger partial charge in [-0.3, -0.25) is 9.78 Å². The molecule has 0 saturated heterocycles. The fraction of sp³-hybridized carbons (Fsp3) is 0.0909. The molecule has 0 aliphatic carbocycles. The smallest absolute Gasteiger partial charge is 0.328 e. The van der Waals surface area contributed by atoms with Crippen LogP contribution in [-0.2, 0) is 11.3 Å². The first kappa shape index (κ1) is 13.3. The number of H-pyrrole nitrogens is 1. The van der Waals surface area contributed by atoms with Gasteiger partial charge in [0, 0.05) is 17.8 Å². The molecule has 0 bridgehead atoms. The van der Waals surface area contributed by atoms with E-state index in [0.717, 1.165) is 6.08 Å². The molecule has 2 heterocycles. The van der Waals surface area contributed by atoms with E-state index in [1.54, 1.807) is 12.1 Å². The highest BCUT2D eigenvalue weighted by molar-refractivity contribution is 5.97. The van der Waals surface area contributed by atoms with E-state index in [2.05, 4.69) is 30.9 Å². The molecule has 9 heteroatoms. The van der Waals surface area contributed by atoms with Crippen molar-refractivity contribution in [2.24, 2.45) is 0 Å². The lowest BCUT2D eigenvalue weighted by Gasteiger charge is -2.04. The summed E-state index contributed by atoms with van der Waals surface area (Å²) in [5, 5.41) is 24.2. The van der Waals surface area contributed by atoms with Crippen molar-refractivity contribution in [3.63, 3.8) is 0 Å². The Morgan fingerprint density at radius 3 is 3.00 bits per heavy atom. The predicted octanol–water partition coefficient (Wildman–Crippen LogP) is -0.378. The lowest BCUT2D eigenvalue weighted by atomic mass is 10.1. The van der Waals surface area contributed by atoms with E-state index in [9.17, 15) is 9.59 Å². The van der Waals surface area contributed by atoms with Gasteiger partial charge in [-0.25, -0.2) is 4.79 Å². The standard InChI is InChI=1S/C11H10N6O3/c18-9(19)4-3-7-2-1-5-12-10(7)11(20)13-6-8-14-16-17-15-8/h1-5H,6H2,(H,13,20)(H,18,19)(H,14,15,16,17)/b4-3+. The molecule has 102 valence electrons. The zero-order chi connectivity index (χ0) is 14.4. The number of nitrogens with one attached hydrogen (secondary N) is 2. The summed E-state index contributed by atoms with van der Waals surface area (Å²) in [6.45, 7) is 0.0913. The molecule has 2 rings (SSSR count). The number of carboxylic acid groups (broad SMARTS) is 1. The number of aromatic amines is 1. The van der Waals surface area contributed by atoms with E-state index in [-0.39, 0.29) is 12.2 Å². The molecular formula is C11H10N6O3. The Balaban J connectivity index is 2.11. The number of carbonyl (C=O) groups excluding carboxylic acids is 1. The maximum absolute atomic E-state index is 12.0. The predicted molar refractivity (Wildman–Crippen MR) is 66.3 cm³/mol. The third-order valence-electron chi connectivity index (χ3n) is 2.26. The minimum absolute atomic E-state index is 0.0913. The molecule has 0 aliphatic heterocycles. The minimum Gasteiger partial charge on any atom is -0.478 e. The summed E-state index contributed by atoms with van der Waals surface area (Å²) >= 11 is 0. The lowest BCUT2D eigenvalue weighted by Crippen LogP contribution is -2.25. The Morgan fingerprint density at radius 1 is 1.45 bits per heavy atom. The number of amides is 1. The van der Waals surface area contributed by atoms with Crippen LogP contribution in [0.4, 0.5) is 0 Å². The van der Waals surface area contributed by atoms with Gasteiger partial charge < -0.3 is 10.4 Å². The molecule has 20 heavy (non-hydrogen) atoms. The van der Waals surface area contributed by atoms with E-state index in [1.165, 1.54) is 12.3 Å². The van der Waals surface area contributed by atoms with Crippen LogP contribution in [0.25, 0.3) is 6.08 Å². The van der Waals surface area contributed by atoms with Crippen LogP contribution in [-0.4, -0.2) is 42.6 Å². The molecule has 3 N–H and O–H groups in total. The second-order valence-corrected chi connectivity index (χ2v) is 3.62. The number of hydrogen-bond donors (Lipinski definition) is 3. The molecule has 0 aromatic carbocycles. The fourth-order valence-corrected chi connectivity index (χ4v) is 1.40. The van der Waals surface area contributed by atoms with Gasteiger partial charge in [0.25, 0.3) is 5.91 Å². The third-order valence-corrected chi connectivity index (χ3v) is 2.26. The molecule has 1 amide bonds. The summed E-state index contributed by atoms with van der Waals surface area (Å²) in [6.07, 6.45) is 3.69. The van der Waals surface area contributed by atoms with Crippen molar-refractivity contribution >= 4 is 18.0 Å². The normalized spacial score (nSPS) is 10.6. The van der Waals surface area contributed by atoms with Crippen LogP contribution in [0.5, 0.6) is 0 Å². The number of aromatic nitrogens is 5. The molecule has 2 aromatic rings. The van der Waals surface area contributed by atoms with Crippen molar-refractivity contribution in [2.45, 2.75) is 6.54 Å². The molecule has 0 saturated carbocycles. The number of aliphatic carboxylic acids is 1. The van der Waals surface area contributed by atoms with Gasteiger partial charge in [-0.15, -0.1) is 10.2 Å². The lowest BCUT2D eigenvalue weighted by molar-refractivity contribution is -0.131. The van der Waals surface area contributed by atoms with Gasteiger partial charge in [0.2, 0.25) is 0 Å². The number of tetrazole rings is 1. The van der Waals surface area contributed by atoms with Crippen LogP contribution in [0.3, 0.4) is 0 Å². The molecule has 0 fully saturated rings. The van der Waals surface area contributed by atoms with Crippen LogP contribution in [0, 0.1) is 0 Å². The average Bonchev–Trinajstić information content (AvgIpc) is 2.96. The number of pyridine rings is 1. The first-order valence-corrected chi connectivity index (χ1v) is 5.53. The fourth-order valence-electron chi connectivity index (χ4n) is 1.40. The largest absolute Gasteiger partial charge is 0.478 e. The van der Waals surface area contributed by atoms with E-state index < -0.39 is 11.9 Å². The molecule has 0 spiro atoms. The highest BCUT2D eigenvalue weighted by Gasteiger charge is 2.11. The second kappa shape index (κ2) is 6.18. The first-order valence-electron chi connectivity index (χ1n) is 5.53. The van der Waals surface area contributed by atoms with Gasteiger partial charge in [-0.1, -0.05) is 11.3 Å². The van der Waals surface area contributed by atoms with E-state index in [0.29, 0.717) is 11.4 Å². The quantitative estimate of drug-likeness (QED) is 0.633. The van der Waals surface area contributed by atoms with Crippen LogP contribution in [0.15, 0.2) is 24.4 Å². The maximum Gasteiger partial charge on any atom is 0.328 e. The third kappa shape index (κ3) is 3.45. The topological polar surface area (TPSA) is 134 Å². The summed E-state index contributed by atoms with van der Waals surface area (Å²) in [4.78, 5) is 26.4. The average molecular weight is 274 g/mol. The Morgan fingerprint density at radius 2 is 2.30 bits per heavy atom. The Labute approximate surface area is 112 Å². The summed E-state index contributed by atoms with van der Waals surface area (Å²) in [6, 6.07) is 3.20. The number of carbonyl (C=O) groups is 2. The Bertz CT molecular complexity index is 637. The van der Waals surface area contributed by atoms with Crippen LogP contribution in [0.2, 0.25) is 0 Å². The van der Waals surface area contributed by atoms with Gasteiger partial charge >= 0.3 is 5.97 Å². The maximum atomic E-state index is 12.0. The summed E-state index contributed by atoms with van der Waals surface area (Å²) in [5.74, 6) is -1.23. The minimum atomic E-state index is -1.10. The number of carboxylic acids is 1. The second-order valence-electron chi connectivity index (χ2n) is 3.62. The van der Waals surface area contributed by atoms with Gasteiger partial charge in [0.15, 0.2) is 5.82 Å². The van der Waals surface area contributed by atoms with E-state index in [4.69, 9.17) is 5.11 Å². The van der Waals surface area contributed by atoms with Crippen LogP contribution < -0.4 is 5.32 Å². The molecule has 0 unspecified atom stereocenters. The van der Waals surface area contributed by atoms with Gasteiger partial charge in [-0.05, 0) is 12.1 Å². The molecule has 9 nitrogen and oxygen atoms in total. The van der Waals surface area contributed by atoms with Crippen molar-refractivity contribution < 1.29 is 14.7 Å². The molecule has 0 radical (unpaired) electrons. The SMILES string of the molecule is O=C(O)/C=C/c1cccnc1C(=O)NCc1nn[nH]n1. The van der Waals surface area contributed by atoms with Gasteiger partial charge in [0.05, 0.1) is 6.54 Å². The zero-order valence-electron chi connectivity index (χ0n) is 10.1. The van der Waals surface area contributed by atoms with Gasteiger partial charge in [-0.2, -0.15) is 5.21 Å². The van der Waals surface area contributed by atoms with E-state index in [1.807, 2.05) is 0 Å². The number of nitrogens with zero attached hydrogens (tertiary/aromatic N) is 4. The number of rotatable bonds is 5. The van der Waals surface area contributed by atoms with Crippen molar-refractivity contribution in [3.05, 3.63) is 41.5 Å². The van der Waals surface area contributed by atoms with Crippen molar-refractivity contribution in [2.75, 3.05) is 0 Å². The summed E-state index contributed by atoms with van der Waals surface area (Å²) in [5.41, 5.74) is 0.522. The van der Waals surface area contributed by atoms with Crippen LogP contribution in [0.1, 0.15) is 21.9 Å². The summed E-state index contributed by atoms with van der Waals surface area (Å²) < 4.78 is 0. The molecule has 0 atom stereocenters. The van der Waals surface area contributed by atoms with Crippen molar-refractivity contribution in [1.82, 2.24) is 30.9 Å². The molecule has 0 aliphatic rings. The molecule has 2 aromatic heterocycles. The van der Waals surface area contributed by atoms with E-state index >= 15 is 0 Å². The van der Waals surface area contributed by atoms with Crippen molar-refractivity contribution in [3.8, 4) is 0 Å². The Kier molecular flexibility index (Phi) is 4.12. The highest BCUT2D eigenvalue weighted by atomic mass is 16.4. The van der Waals surface area contributed by atoms with Gasteiger partial charge in [0.1, 0.15) is 5.69 Å². The Hall–Kier alpha value is -3.10. The summed E-state index contributed by atoms with van der Waals surface area (Å²) in [7, 11) is 0. The highest BCUT2D eigenvalue weighted by Crippen LogP contribution is 2.07. The van der Waals surface area contributed by atoms with Crippen molar-refractivity contribution in [1.29, 1.82) is 0 Å². The first-order chi connectivity index (χ1) is 9.66. The van der Waals surface area contributed by atoms with Crippen LogP contribution >= 0.6 is 0 Å². The number of hydrogen-bond acceptors (Lipinski definition) is 6.